The monoisotopic (exact) mass is 380 g/mol. The smallest absolute Gasteiger partial charge is 0.273 e. The lowest BCUT2D eigenvalue weighted by molar-refractivity contribution is 0.0950. The molecule has 1 aliphatic rings. The number of rotatable bonds is 4. The number of nitrogens with zero attached hydrogens (tertiary/aromatic N) is 2. The van der Waals surface area contributed by atoms with E-state index in [-0.39, 0.29) is 17.4 Å². The van der Waals surface area contributed by atoms with Gasteiger partial charge in [-0.3, -0.25) is 18.4 Å². The van der Waals surface area contributed by atoms with Gasteiger partial charge in [0, 0.05) is 37.1 Å². The summed E-state index contributed by atoms with van der Waals surface area (Å²) in [5.74, 6) is -0.475. The third kappa shape index (κ3) is 3.52. The molecule has 0 saturated heterocycles. The number of amides is 2. The van der Waals surface area contributed by atoms with Crippen molar-refractivity contribution in [2.45, 2.75) is 11.4 Å². The fourth-order valence-corrected chi connectivity index (χ4v) is 3.72. The number of pyridine rings is 1. The van der Waals surface area contributed by atoms with Gasteiger partial charge in [-0.05, 0) is 48.3 Å². The maximum Gasteiger partial charge on any atom is 0.273 e. The van der Waals surface area contributed by atoms with Gasteiger partial charge in [-0.1, -0.05) is 6.07 Å². The number of hydrogen-bond donors (Lipinski definition) is 2. The van der Waals surface area contributed by atoms with Crippen molar-refractivity contribution in [3.8, 4) is 0 Å². The first-order valence-electron chi connectivity index (χ1n) is 8.36. The number of carbonyl (C=O) groups excluding carboxylic acids is 2. The van der Waals surface area contributed by atoms with E-state index in [1.165, 1.54) is 22.6 Å². The maximum absolute atomic E-state index is 12.4. The van der Waals surface area contributed by atoms with Gasteiger partial charge in [0.2, 0.25) is 0 Å². The molecular weight excluding hydrogens is 364 g/mol. The molecule has 2 N–H and O–H groups in total. The van der Waals surface area contributed by atoms with Crippen LogP contribution in [-0.4, -0.2) is 26.9 Å². The molecule has 3 heterocycles. The van der Waals surface area contributed by atoms with Gasteiger partial charge in [0.05, 0.1) is 10.6 Å². The highest BCUT2D eigenvalue weighted by molar-refractivity contribution is 7.98. The zero-order valence-corrected chi connectivity index (χ0v) is 15.0. The van der Waals surface area contributed by atoms with Gasteiger partial charge >= 0.3 is 0 Å². The van der Waals surface area contributed by atoms with Crippen molar-refractivity contribution >= 4 is 29.4 Å². The topological polar surface area (TPSA) is 85.1 Å². The summed E-state index contributed by atoms with van der Waals surface area (Å²) < 4.78 is 3.32. The second-order valence-corrected chi connectivity index (χ2v) is 6.98. The second kappa shape index (κ2) is 7.16. The maximum atomic E-state index is 12.4. The molecule has 2 aromatic heterocycles. The first kappa shape index (κ1) is 17.2. The molecule has 7 nitrogen and oxygen atoms in total. The molecule has 0 saturated carbocycles. The molecular formula is C19H16N4O3S. The fraction of sp³-hybridized carbons (Fsp3) is 0.105. The van der Waals surface area contributed by atoms with Crippen LogP contribution in [0.1, 0.15) is 20.8 Å². The number of anilines is 1. The van der Waals surface area contributed by atoms with Gasteiger partial charge in [-0.2, -0.15) is 0 Å². The minimum absolute atomic E-state index is 0.111. The van der Waals surface area contributed by atoms with Gasteiger partial charge in [0.1, 0.15) is 5.69 Å². The van der Waals surface area contributed by atoms with Gasteiger partial charge in [-0.15, -0.1) is 0 Å². The van der Waals surface area contributed by atoms with Crippen molar-refractivity contribution in [3.05, 3.63) is 82.5 Å². The Morgan fingerprint density at radius 3 is 2.81 bits per heavy atom. The quantitative estimate of drug-likeness (QED) is 0.727. The Balaban J connectivity index is 1.46. The van der Waals surface area contributed by atoms with E-state index < -0.39 is 0 Å². The van der Waals surface area contributed by atoms with Gasteiger partial charge in [0.15, 0.2) is 0 Å². The number of benzene rings is 1. The van der Waals surface area contributed by atoms with Crippen LogP contribution in [0, 0.1) is 0 Å². The van der Waals surface area contributed by atoms with Crippen LogP contribution in [0.5, 0.6) is 0 Å². The van der Waals surface area contributed by atoms with Crippen LogP contribution in [-0.2, 0) is 6.54 Å². The summed E-state index contributed by atoms with van der Waals surface area (Å²) in [5, 5.41) is 5.64. The minimum atomic E-state index is -0.259. The highest BCUT2D eigenvalue weighted by Crippen LogP contribution is 2.33. The summed E-state index contributed by atoms with van der Waals surface area (Å²) in [6.45, 7) is 0.713. The van der Waals surface area contributed by atoms with Crippen LogP contribution in [0.15, 0.2) is 70.6 Å². The molecule has 0 radical (unpaired) electrons. The normalized spacial score (nSPS) is 12.5. The lowest BCUT2D eigenvalue weighted by Gasteiger charge is -2.10. The largest absolute Gasteiger partial charge is 0.350 e. The van der Waals surface area contributed by atoms with E-state index in [0.29, 0.717) is 30.0 Å². The number of fused-ring (bicyclic) bond motifs is 2. The Morgan fingerprint density at radius 1 is 1.07 bits per heavy atom. The molecule has 8 heteroatoms. The molecule has 0 aliphatic carbocycles. The van der Waals surface area contributed by atoms with Gasteiger partial charge < -0.3 is 15.2 Å². The van der Waals surface area contributed by atoms with Gasteiger partial charge in [-0.25, -0.2) is 0 Å². The molecule has 0 unspecified atom stereocenters. The molecule has 136 valence electrons. The first-order valence-corrected chi connectivity index (χ1v) is 9.14. The summed E-state index contributed by atoms with van der Waals surface area (Å²) in [6, 6.07) is 13.7. The second-order valence-electron chi connectivity index (χ2n) is 5.96. The Hall–Kier alpha value is -3.26. The van der Waals surface area contributed by atoms with Crippen LogP contribution in [0.2, 0.25) is 0 Å². The van der Waals surface area contributed by atoms with E-state index in [1.54, 1.807) is 40.5 Å². The van der Waals surface area contributed by atoms with E-state index in [4.69, 9.17) is 0 Å². The lowest BCUT2D eigenvalue weighted by Crippen LogP contribution is -2.30. The van der Waals surface area contributed by atoms with E-state index in [0.717, 1.165) is 4.90 Å². The molecule has 0 fully saturated rings. The van der Waals surface area contributed by atoms with E-state index >= 15 is 0 Å². The number of carbonyl (C=O) groups is 2. The molecule has 4 rings (SSSR count). The van der Waals surface area contributed by atoms with Crippen LogP contribution < -0.4 is 16.2 Å². The molecule has 2 amide bonds. The first-order chi connectivity index (χ1) is 13.1. The Morgan fingerprint density at radius 2 is 1.96 bits per heavy atom. The van der Waals surface area contributed by atoms with E-state index in [1.807, 2.05) is 18.3 Å². The van der Waals surface area contributed by atoms with E-state index in [2.05, 4.69) is 10.6 Å². The molecule has 0 atom stereocenters. The Labute approximate surface area is 159 Å². The zero-order chi connectivity index (χ0) is 18.8. The Bertz CT molecular complexity index is 1090. The van der Waals surface area contributed by atoms with Crippen LogP contribution >= 0.6 is 11.9 Å². The van der Waals surface area contributed by atoms with Crippen molar-refractivity contribution in [3.63, 3.8) is 0 Å². The fourth-order valence-electron chi connectivity index (χ4n) is 2.80. The predicted octanol–water partition coefficient (Wildman–Crippen LogP) is 2.20. The summed E-state index contributed by atoms with van der Waals surface area (Å²) in [4.78, 5) is 37.2. The summed E-state index contributed by atoms with van der Waals surface area (Å²) in [7, 11) is 0. The van der Waals surface area contributed by atoms with Crippen molar-refractivity contribution in [2.75, 3.05) is 11.9 Å². The molecule has 1 aliphatic heterocycles. The summed E-state index contributed by atoms with van der Waals surface area (Å²) >= 11 is 1.41. The molecule has 3 aromatic rings. The molecule has 1 aromatic carbocycles. The van der Waals surface area contributed by atoms with Crippen molar-refractivity contribution in [2.24, 2.45) is 0 Å². The summed E-state index contributed by atoms with van der Waals surface area (Å²) in [5.41, 5.74) is 1.48. The molecule has 0 bridgehead atoms. The Kier molecular flexibility index (Phi) is 4.55. The number of hydrogen-bond acceptors (Lipinski definition) is 4. The zero-order valence-electron chi connectivity index (χ0n) is 14.2. The average Bonchev–Trinajstić information content (AvgIpc) is 3.08. The highest BCUT2D eigenvalue weighted by atomic mass is 32.2. The average molecular weight is 380 g/mol. The van der Waals surface area contributed by atoms with Crippen LogP contribution in [0.4, 0.5) is 5.69 Å². The van der Waals surface area contributed by atoms with Gasteiger partial charge in [0.25, 0.3) is 17.4 Å². The number of aromatic nitrogens is 2. The SMILES string of the molecule is O=C(NCCn1ccccc1=O)c1ccc2c(c1)NC(=O)c1cccn1S2. The van der Waals surface area contributed by atoms with Crippen molar-refractivity contribution < 1.29 is 9.59 Å². The summed E-state index contributed by atoms with van der Waals surface area (Å²) in [6.07, 6.45) is 3.50. The third-order valence-corrected chi connectivity index (χ3v) is 5.24. The van der Waals surface area contributed by atoms with E-state index in [9.17, 15) is 14.4 Å². The lowest BCUT2D eigenvalue weighted by atomic mass is 10.2. The van der Waals surface area contributed by atoms with Crippen molar-refractivity contribution in [1.82, 2.24) is 13.9 Å². The molecule has 27 heavy (non-hydrogen) atoms. The predicted molar refractivity (Wildman–Crippen MR) is 103 cm³/mol. The minimum Gasteiger partial charge on any atom is -0.350 e. The highest BCUT2D eigenvalue weighted by Gasteiger charge is 2.20. The molecule has 0 spiro atoms. The third-order valence-electron chi connectivity index (χ3n) is 4.17. The number of nitrogens with one attached hydrogen (secondary N) is 2. The van der Waals surface area contributed by atoms with Crippen LogP contribution in [0.25, 0.3) is 0 Å². The van der Waals surface area contributed by atoms with Crippen molar-refractivity contribution in [1.29, 1.82) is 0 Å². The standard InChI is InChI=1S/C19H16N4O3S/c24-17-5-1-2-9-22(17)11-8-20-18(25)13-6-7-16-14(12-13)21-19(26)15-4-3-10-23(15)27-16/h1-7,9-10,12H,8,11H2,(H,20,25)(H,21,26). The van der Waals surface area contributed by atoms with Crippen LogP contribution in [0.3, 0.4) is 0 Å².